The van der Waals surface area contributed by atoms with Gasteiger partial charge < -0.3 is 66.9 Å². The fraction of sp³-hybridized carbons (Fsp3) is 0.508. The highest BCUT2D eigenvalue weighted by Gasteiger charge is 2.46. The number of ether oxygens (including phenoxy) is 1. The van der Waals surface area contributed by atoms with Gasteiger partial charge in [0.05, 0.1) is 24.9 Å². The van der Waals surface area contributed by atoms with Gasteiger partial charge >= 0.3 is 0 Å². The van der Waals surface area contributed by atoms with Crippen LogP contribution in [0.1, 0.15) is 134 Å². The van der Waals surface area contributed by atoms with E-state index in [1.165, 1.54) is 30.9 Å². The fourth-order valence-corrected chi connectivity index (χ4v) is 11.2. The Kier molecular flexibility index (Phi) is 24.5. The van der Waals surface area contributed by atoms with Crippen molar-refractivity contribution in [1.82, 2.24) is 41.7 Å². The molecule has 21 heteroatoms. The molecule has 0 aliphatic carbocycles. The largest absolute Gasteiger partial charge is 0.508 e. The van der Waals surface area contributed by atoms with Gasteiger partial charge in [0, 0.05) is 44.1 Å². The first-order chi connectivity index (χ1) is 41.3. The summed E-state index contributed by atoms with van der Waals surface area (Å²) in [5, 5.41) is 59.7. The van der Waals surface area contributed by atoms with Gasteiger partial charge in [-0.25, -0.2) is 0 Å². The van der Waals surface area contributed by atoms with Gasteiger partial charge in [0.1, 0.15) is 47.8 Å². The maximum atomic E-state index is 14.7. The lowest BCUT2D eigenvalue weighted by Crippen LogP contribution is -2.61. The van der Waals surface area contributed by atoms with E-state index < -0.39 is 102 Å². The number of carbonyl (C=O) groups excluding carboxylic acids is 8. The maximum Gasteiger partial charge on any atom is 0.251 e. The van der Waals surface area contributed by atoms with Crippen LogP contribution in [0.5, 0.6) is 11.5 Å². The van der Waals surface area contributed by atoms with Crippen LogP contribution in [-0.4, -0.2) is 164 Å². The first-order valence-corrected chi connectivity index (χ1v) is 30.5. The molecular weight excluding hydrogens is 1100 g/mol. The molecule has 0 bridgehead atoms. The van der Waals surface area contributed by atoms with E-state index in [1.54, 1.807) is 36.4 Å². The van der Waals surface area contributed by atoms with Crippen molar-refractivity contribution in [2.45, 2.75) is 185 Å². The summed E-state index contributed by atoms with van der Waals surface area (Å²) < 4.78 is 5.88. The second kappa shape index (κ2) is 32.0. The maximum absolute atomic E-state index is 14.7. The Labute approximate surface area is 503 Å². The van der Waals surface area contributed by atoms with Crippen LogP contribution in [0.3, 0.4) is 0 Å². The van der Waals surface area contributed by atoms with Crippen molar-refractivity contribution >= 4 is 47.3 Å². The molecule has 10 atom stereocenters. The summed E-state index contributed by atoms with van der Waals surface area (Å²) in [6.45, 7) is 6.83. The number of phenolic OH excluding ortho intramolecular Hbond substituents is 1. The zero-order chi connectivity index (χ0) is 61.9. The number of amides is 8. The summed E-state index contributed by atoms with van der Waals surface area (Å²) in [6, 6.07) is 19.3. The van der Waals surface area contributed by atoms with Gasteiger partial charge in [0.25, 0.3) is 5.91 Å². The summed E-state index contributed by atoms with van der Waals surface area (Å²) in [6.07, 6.45) is 3.36. The number of hydrogen-bond donors (Lipinski definition) is 10. The third-order valence-electron chi connectivity index (χ3n) is 16.2. The summed E-state index contributed by atoms with van der Waals surface area (Å²) in [4.78, 5) is 117. The van der Waals surface area contributed by atoms with Crippen LogP contribution in [-0.2, 0) is 40.0 Å². The smallest absolute Gasteiger partial charge is 0.251 e. The number of carbonyl (C=O) groups is 8. The van der Waals surface area contributed by atoms with Gasteiger partial charge in [-0.3, -0.25) is 38.4 Å². The number of fused-ring (bicyclic) bond motifs is 2. The number of unbranched alkanes of at least 4 members (excludes halogenated alkanes) is 6. The first-order valence-electron chi connectivity index (χ1n) is 30.5. The van der Waals surface area contributed by atoms with Crippen LogP contribution >= 0.6 is 0 Å². The van der Waals surface area contributed by atoms with Crippen molar-refractivity contribution in [2.75, 3.05) is 26.2 Å². The third-order valence-corrected chi connectivity index (χ3v) is 16.2. The minimum Gasteiger partial charge on any atom is -0.508 e. The Balaban J connectivity index is 1.14. The minimum absolute atomic E-state index is 0.00655. The second-order valence-corrected chi connectivity index (χ2v) is 23.0. The first kappa shape index (κ1) is 65.7. The van der Waals surface area contributed by atoms with Crippen LogP contribution in [0, 0.1) is 0 Å². The average Bonchev–Trinajstić information content (AvgIpc) is 3.63. The van der Waals surface area contributed by atoms with E-state index in [0.29, 0.717) is 18.6 Å². The third kappa shape index (κ3) is 18.3. The van der Waals surface area contributed by atoms with Crippen LogP contribution in [0.4, 0.5) is 0 Å². The van der Waals surface area contributed by atoms with E-state index in [-0.39, 0.29) is 81.8 Å². The number of aromatic hydroxyl groups is 1. The van der Waals surface area contributed by atoms with E-state index >= 15 is 0 Å². The Morgan fingerprint density at radius 1 is 0.628 bits per heavy atom. The highest BCUT2D eigenvalue weighted by molar-refractivity contribution is 6.00. The molecule has 4 aromatic rings. The molecule has 3 fully saturated rings. The van der Waals surface area contributed by atoms with Gasteiger partial charge in [0.2, 0.25) is 41.4 Å². The predicted octanol–water partition coefficient (Wildman–Crippen LogP) is 4.56. The quantitative estimate of drug-likeness (QED) is 0.0513. The molecule has 464 valence electrons. The summed E-state index contributed by atoms with van der Waals surface area (Å²) in [5.74, 6) is -5.19. The fourth-order valence-electron chi connectivity index (χ4n) is 11.2. The number of rotatable bonds is 21. The predicted molar refractivity (Wildman–Crippen MR) is 323 cm³/mol. The zero-order valence-corrected chi connectivity index (χ0v) is 49.8. The average molecular weight is 1190 g/mol. The minimum atomic E-state index is -1.70. The number of aryl methyl sites for hydroxylation is 1. The van der Waals surface area contributed by atoms with Crippen LogP contribution < -0.4 is 36.6 Å². The summed E-state index contributed by atoms with van der Waals surface area (Å²) in [5.41, 5.74) is 4.59. The molecule has 7 rings (SSSR count). The lowest BCUT2D eigenvalue weighted by molar-refractivity contribution is -0.145. The number of phenols is 1. The Morgan fingerprint density at radius 2 is 1.17 bits per heavy atom. The van der Waals surface area contributed by atoms with Crippen LogP contribution in [0.15, 0.2) is 97.1 Å². The normalized spacial score (nSPS) is 23.3. The van der Waals surface area contributed by atoms with Crippen molar-refractivity contribution in [3.63, 3.8) is 0 Å². The molecule has 7 unspecified atom stereocenters. The summed E-state index contributed by atoms with van der Waals surface area (Å²) >= 11 is 0. The topological polar surface area (TPSA) is 305 Å². The lowest BCUT2D eigenvalue weighted by atomic mass is 9.99. The SMILES string of the molecule is CCCCCCCC(=O)N[C@H]1CC2C(=O)NCCC[C@H](NC(=O)c3ccc(-c4ccc(-c5ccc(OCCCCC)cc5)cc4)cc3)C(=O)NC(C(C)O)C(=O)N3C[C@H](O)CC3C(=O)NC(CCc3ccc(O)cc3)C(=O)NC(C(C)O)C(=O)N2C1. The lowest BCUT2D eigenvalue weighted by Gasteiger charge is -2.32. The van der Waals surface area contributed by atoms with Gasteiger partial charge in [-0.1, -0.05) is 113 Å². The highest BCUT2D eigenvalue weighted by Crippen LogP contribution is 2.28. The molecule has 0 radical (unpaired) electrons. The Morgan fingerprint density at radius 3 is 1.78 bits per heavy atom. The number of nitrogens with one attached hydrogen (secondary N) is 6. The van der Waals surface area contributed by atoms with Crippen molar-refractivity contribution < 1.29 is 63.5 Å². The van der Waals surface area contributed by atoms with E-state index in [4.69, 9.17) is 4.74 Å². The molecule has 10 N–H and O–H groups in total. The molecule has 3 heterocycles. The molecular formula is C65H86N8O13. The van der Waals surface area contributed by atoms with E-state index in [2.05, 4.69) is 45.7 Å². The van der Waals surface area contributed by atoms with Crippen molar-refractivity contribution in [2.24, 2.45) is 0 Å². The van der Waals surface area contributed by atoms with Gasteiger partial charge in [0.15, 0.2) is 0 Å². The van der Waals surface area contributed by atoms with Crippen LogP contribution in [0.25, 0.3) is 22.3 Å². The molecule has 4 aromatic carbocycles. The molecule has 0 aromatic heterocycles. The van der Waals surface area contributed by atoms with Crippen molar-refractivity contribution in [3.05, 3.63) is 108 Å². The monoisotopic (exact) mass is 1190 g/mol. The highest BCUT2D eigenvalue weighted by atomic mass is 16.5. The number of aliphatic hydroxyl groups excluding tert-OH is 3. The van der Waals surface area contributed by atoms with E-state index in [0.717, 1.165) is 77.8 Å². The summed E-state index contributed by atoms with van der Waals surface area (Å²) in [7, 11) is 0. The molecule has 0 spiro atoms. The van der Waals surface area contributed by atoms with Gasteiger partial charge in [-0.2, -0.15) is 0 Å². The van der Waals surface area contributed by atoms with Gasteiger partial charge in [-0.15, -0.1) is 0 Å². The molecule has 3 saturated heterocycles. The number of hydrogen-bond acceptors (Lipinski definition) is 13. The molecule has 8 amide bonds. The van der Waals surface area contributed by atoms with Crippen LogP contribution in [0.2, 0.25) is 0 Å². The molecule has 86 heavy (non-hydrogen) atoms. The molecule has 21 nitrogen and oxygen atoms in total. The number of benzene rings is 4. The standard InChI is InChI=1S/C65H86N8O13/c1-5-7-9-10-11-15-56(78)67-48-36-54-62(82)66-34-13-14-52(68-59(79)47-25-23-45(24-26-47)43-19-21-44(22-20-43)46-27-31-51(32-28-46)86-35-12-8-6-2)60(80)70-58(41(4)75)65(85)73-39-50(77)37-55(73)63(83)69-53(33-18-42-16-29-49(76)30-17-42)61(81)71-57(40(3)74)64(84)72(54)38-48/h16-17,19-32,40-41,48,50,52-55,57-58,74-77H,5-15,18,33-39H2,1-4H3,(H,66,82)(H,67,78)(H,68,79)(H,69,83)(H,70,80)(H,71,81)/t40?,41?,48-,50+,52-,53?,54?,55?,57?,58?/m0/s1. The zero-order valence-electron chi connectivity index (χ0n) is 49.8. The number of nitrogens with zero attached hydrogens (tertiary/aromatic N) is 2. The van der Waals surface area contributed by atoms with Gasteiger partial charge in [-0.05, 0) is 123 Å². The molecule has 0 saturated carbocycles. The molecule has 3 aliphatic rings. The Hall–Kier alpha value is -7.88. The Bertz CT molecular complexity index is 2920. The van der Waals surface area contributed by atoms with E-state index in [1.807, 2.05) is 48.5 Å². The molecule has 3 aliphatic heterocycles. The van der Waals surface area contributed by atoms with Crippen molar-refractivity contribution in [1.29, 1.82) is 0 Å². The van der Waals surface area contributed by atoms with E-state index in [9.17, 15) is 58.8 Å². The number of aliphatic hydroxyl groups is 3. The van der Waals surface area contributed by atoms with Crippen molar-refractivity contribution in [3.8, 4) is 33.8 Å². The second-order valence-electron chi connectivity index (χ2n) is 23.0.